The molecule has 2 N–H and O–H groups in total. The number of ether oxygens (including phenoxy) is 1. The van der Waals surface area contributed by atoms with E-state index in [1.54, 1.807) is 12.1 Å². The molecule has 1 saturated heterocycles. The van der Waals surface area contributed by atoms with Crippen LogP contribution in [0.2, 0.25) is 0 Å². The van der Waals surface area contributed by atoms with Crippen molar-refractivity contribution >= 4 is 21.7 Å². The lowest BCUT2D eigenvalue weighted by Gasteiger charge is -2.12. The fourth-order valence-corrected chi connectivity index (χ4v) is 3.87. The van der Waals surface area contributed by atoms with Crippen molar-refractivity contribution in [2.24, 2.45) is 5.92 Å². The molecule has 7 nitrogen and oxygen atoms in total. The molecule has 0 bridgehead atoms. The van der Waals surface area contributed by atoms with Crippen LogP contribution in [0.1, 0.15) is 12.0 Å². The van der Waals surface area contributed by atoms with Crippen LogP contribution in [0.3, 0.4) is 0 Å². The van der Waals surface area contributed by atoms with Crippen molar-refractivity contribution < 1.29 is 22.7 Å². The van der Waals surface area contributed by atoms with E-state index in [1.165, 1.54) is 0 Å². The van der Waals surface area contributed by atoms with Gasteiger partial charge in [0.2, 0.25) is 5.91 Å². The fraction of sp³-hybridized carbons (Fsp3) is 0.429. The van der Waals surface area contributed by atoms with Crippen molar-refractivity contribution in [1.29, 1.82) is 0 Å². The molecule has 1 aromatic carbocycles. The molecule has 1 aromatic rings. The van der Waals surface area contributed by atoms with Gasteiger partial charge in [-0.15, -0.1) is 0 Å². The molecule has 2 rings (SSSR count). The van der Waals surface area contributed by atoms with Crippen LogP contribution in [0.15, 0.2) is 24.3 Å². The lowest BCUT2D eigenvalue weighted by Crippen LogP contribution is -2.46. The number of benzene rings is 1. The molecule has 8 heteroatoms. The largest absolute Gasteiger partial charge is 0.483 e. The minimum absolute atomic E-state index is 0.00935. The number of carbonyl (C=O) groups excluding carboxylic acids is 2. The van der Waals surface area contributed by atoms with Crippen LogP contribution in [-0.2, 0) is 19.4 Å². The van der Waals surface area contributed by atoms with Crippen molar-refractivity contribution in [2.75, 3.05) is 18.1 Å². The Kier molecular flexibility index (Phi) is 5.02. The third kappa shape index (κ3) is 4.45. The van der Waals surface area contributed by atoms with Gasteiger partial charge in [-0.3, -0.25) is 20.4 Å². The standard InChI is InChI=1S/C14H18N2O5S/c1-10-4-2-3-5-12(10)21-8-13(17)15-16-14(18)11-6-7-22(19,20)9-11/h2-5,11H,6-9H2,1H3,(H,15,17)(H,16,18)/t11-/m0/s1. The monoisotopic (exact) mass is 326 g/mol. The maximum atomic E-state index is 11.7. The molecule has 22 heavy (non-hydrogen) atoms. The number of hydrogen-bond acceptors (Lipinski definition) is 5. The Bertz CT molecular complexity index is 672. The first-order valence-electron chi connectivity index (χ1n) is 6.85. The lowest BCUT2D eigenvalue weighted by atomic mass is 10.1. The minimum atomic E-state index is -3.13. The van der Waals surface area contributed by atoms with Crippen LogP contribution in [0.25, 0.3) is 0 Å². The lowest BCUT2D eigenvalue weighted by molar-refractivity contribution is -0.131. The van der Waals surface area contributed by atoms with Crippen molar-refractivity contribution in [3.63, 3.8) is 0 Å². The number of hydrazine groups is 1. The number of amides is 2. The molecule has 0 aliphatic carbocycles. The van der Waals surface area contributed by atoms with Crippen LogP contribution in [-0.4, -0.2) is 38.3 Å². The summed E-state index contributed by atoms with van der Waals surface area (Å²) in [5.41, 5.74) is 5.35. The average molecular weight is 326 g/mol. The predicted molar refractivity (Wildman–Crippen MR) is 79.7 cm³/mol. The van der Waals surface area contributed by atoms with E-state index in [1.807, 2.05) is 19.1 Å². The number of rotatable bonds is 4. The first-order valence-corrected chi connectivity index (χ1v) is 8.67. The third-order valence-corrected chi connectivity index (χ3v) is 5.15. The van der Waals surface area contributed by atoms with Crippen molar-refractivity contribution in [3.05, 3.63) is 29.8 Å². The SMILES string of the molecule is Cc1ccccc1OCC(=O)NNC(=O)[C@H]1CCS(=O)(=O)C1. The highest BCUT2D eigenvalue weighted by atomic mass is 32.2. The van der Waals surface area contributed by atoms with E-state index in [2.05, 4.69) is 10.9 Å². The van der Waals surface area contributed by atoms with E-state index in [0.717, 1.165) is 5.56 Å². The zero-order valence-corrected chi connectivity index (χ0v) is 13.0. The van der Waals surface area contributed by atoms with E-state index >= 15 is 0 Å². The van der Waals surface area contributed by atoms with Gasteiger partial charge in [-0.25, -0.2) is 8.42 Å². The molecule has 1 aliphatic rings. The number of hydrogen-bond donors (Lipinski definition) is 2. The molecule has 1 heterocycles. The Morgan fingerprint density at radius 3 is 2.64 bits per heavy atom. The zero-order chi connectivity index (χ0) is 16.2. The quantitative estimate of drug-likeness (QED) is 0.756. The average Bonchev–Trinajstić information content (AvgIpc) is 2.84. The topological polar surface area (TPSA) is 102 Å². The van der Waals surface area contributed by atoms with Crippen LogP contribution in [0.4, 0.5) is 0 Å². The predicted octanol–water partition coefficient (Wildman–Crippen LogP) is -0.0441. The molecule has 0 aromatic heterocycles. The summed E-state index contributed by atoms with van der Waals surface area (Å²) in [5.74, 6) is -1.19. The number of carbonyl (C=O) groups is 2. The van der Waals surface area contributed by atoms with E-state index in [0.29, 0.717) is 5.75 Å². The van der Waals surface area contributed by atoms with Crippen molar-refractivity contribution in [1.82, 2.24) is 10.9 Å². The van der Waals surface area contributed by atoms with Crippen LogP contribution >= 0.6 is 0 Å². The van der Waals surface area contributed by atoms with Gasteiger partial charge in [-0.05, 0) is 25.0 Å². The van der Waals surface area contributed by atoms with E-state index in [-0.39, 0.29) is 24.5 Å². The van der Waals surface area contributed by atoms with E-state index < -0.39 is 27.6 Å². The van der Waals surface area contributed by atoms with Gasteiger partial charge in [-0.2, -0.15) is 0 Å². The Hall–Kier alpha value is -2.09. The van der Waals surface area contributed by atoms with Gasteiger partial charge in [0.25, 0.3) is 5.91 Å². The summed E-state index contributed by atoms with van der Waals surface area (Å²) in [5, 5.41) is 0. The van der Waals surface area contributed by atoms with Crippen LogP contribution in [0.5, 0.6) is 5.75 Å². The normalized spacial score (nSPS) is 19.4. The summed E-state index contributed by atoms with van der Waals surface area (Å²) in [4.78, 5) is 23.3. The molecule has 2 amide bonds. The first-order chi connectivity index (χ1) is 10.4. The second kappa shape index (κ2) is 6.78. The number of nitrogens with one attached hydrogen (secondary N) is 2. The van der Waals surface area contributed by atoms with Gasteiger partial charge in [0.15, 0.2) is 16.4 Å². The van der Waals surface area contributed by atoms with Gasteiger partial charge < -0.3 is 4.74 Å². The molecule has 1 atom stereocenters. The number of aryl methyl sites for hydroxylation is 1. The molecular formula is C14H18N2O5S. The van der Waals surface area contributed by atoms with Crippen LogP contribution < -0.4 is 15.6 Å². The third-order valence-electron chi connectivity index (χ3n) is 3.38. The molecular weight excluding hydrogens is 308 g/mol. The molecule has 0 radical (unpaired) electrons. The fourth-order valence-electron chi connectivity index (χ4n) is 2.13. The summed E-state index contributed by atoms with van der Waals surface area (Å²) >= 11 is 0. The first kappa shape index (κ1) is 16.3. The Morgan fingerprint density at radius 1 is 1.27 bits per heavy atom. The van der Waals surface area contributed by atoms with Crippen molar-refractivity contribution in [3.8, 4) is 5.75 Å². The Labute approximate surface area is 128 Å². The molecule has 0 spiro atoms. The summed E-state index contributed by atoms with van der Waals surface area (Å²) in [6.45, 7) is 1.61. The molecule has 1 aliphatic heterocycles. The minimum Gasteiger partial charge on any atom is -0.483 e. The molecule has 0 unspecified atom stereocenters. The Balaban J connectivity index is 1.74. The number of sulfone groups is 1. The van der Waals surface area contributed by atoms with Gasteiger partial charge >= 0.3 is 0 Å². The van der Waals surface area contributed by atoms with Gasteiger partial charge in [-0.1, -0.05) is 18.2 Å². The second-order valence-corrected chi connectivity index (χ2v) is 7.42. The van der Waals surface area contributed by atoms with E-state index in [9.17, 15) is 18.0 Å². The smallest absolute Gasteiger partial charge is 0.276 e. The Morgan fingerprint density at radius 2 is 2.00 bits per heavy atom. The van der Waals surface area contributed by atoms with Gasteiger partial charge in [0.05, 0.1) is 17.4 Å². The molecule has 0 saturated carbocycles. The second-order valence-electron chi connectivity index (χ2n) is 5.19. The highest BCUT2D eigenvalue weighted by Gasteiger charge is 2.33. The molecule has 1 fully saturated rings. The molecule has 120 valence electrons. The number of para-hydroxylation sites is 1. The zero-order valence-electron chi connectivity index (χ0n) is 12.2. The highest BCUT2D eigenvalue weighted by molar-refractivity contribution is 7.91. The summed E-state index contributed by atoms with van der Waals surface area (Å²) < 4.78 is 27.9. The summed E-state index contributed by atoms with van der Waals surface area (Å²) in [7, 11) is -3.13. The van der Waals surface area contributed by atoms with Gasteiger partial charge in [0, 0.05) is 0 Å². The van der Waals surface area contributed by atoms with E-state index in [4.69, 9.17) is 4.74 Å². The van der Waals surface area contributed by atoms with Crippen molar-refractivity contribution in [2.45, 2.75) is 13.3 Å². The summed E-state index contributed by atoms with van der Waals surface area (Å²) in [6.07, 6.45) is 0.281. The maximum absolute atomic E-state index is 11.7. The highest BCUT2D eigenvalue weighted by Crippen LogP contribution is 2.18. The summed E-state index contributed by atoms with van der Waals surface area (Å²) in [6, 6.07) is 7.25. The van der Waals surface area contributed by atoms with Gasteiger partial charge in [0.1, 0.15) is 5.75 Å². The van der Waals surface area contributed by atoms with Crippen LogP contribution in [0, 0.1) is 12.8 Å². The maximum Gasteiger partial charge on any atom is 0.276 e.